The minimum Gasteiger partial charge on any atom is -0.0616 e. The minimum absolute atomic E-state index is 1.20. The molecule has 1 radical (unpaired) electrons. The van der Waals surface area contributed by atoms with Gasteiger partial charge in [0, 0.05) is 0 Å². The maximum absolute atomic E-state index is 3.40. The van der Waals surface area contributed by atoms with E-state index in [1.807, 2.05) is 12.1 Å². The predicted octanol–water partition coefficient (Wildman–Crippen LogP) is 6.10. The minimum atomic E-state index is 1.20. The Hall–Kier alpha value is -2.86. The van der Waals surface area contributed by atoms with Crippen LogP contribution in [0.2, 0.25) is 0 Å². The van der Waals surface area contributed by atoms with Gasteiger partial charge in [0.05, 0.1) is 0 Å². The summed E-state index contributed by atoms with van der Waals surface area (Å²) in [4.78, 5) is 0. The largest absolute Gasteiger partial charge is 0.0616 e. The fourth-order valence-electron chi connectivity index (χ4n) is 3.43. The monoisotopic (exact) mass is 277 g/mol. The van der Waals surface area contributed by atoms with Gasteiger partial charge in [-0.25, -0.2) is 0 Å². The van der Waals surface area contributed by atoms with Gasteiger partial charge in [-0.2, -0.15) is 0 Å². The van der Waals surface area contributed by atoms with E-state index in [4.69, 9.17) is 0 Å². The van der Waals surface area contributed by atoms with Gasteiger partial charge in [0.25, 0.3) is 0 Å². The van der Waals surface area contributed by atoms with E-state index in [-0.39, 0.29) is 0 Å². The fraction of sp³-hybridized carbons (Fsp3) is 0. The van der Waals surface area contributed by atoms with Gasteiger partial charge in [0.1, 0.15) is 0 Å². The normalized spacial score (nSPS) is 11.6. The van der Waals surface area contributed by atoms with Gasteiger partial charge in [0.2, 0.25) is 0 Å². The van der Waals surface area contributed by atoms with Crippen molar-refractivity contribution in [3.8, 4) is 0 Å². The molecule has 22 heavy (non-hydrogen) atoms. The summed E-state index contributed by atoms with van der Waals surface area (Å²) in [6.45, 7) is 0. The molecule has 0 bridgehead atoms. The quantitative estimate of drug-likeness (QED) is 0.237. The summed E-state index contributed by atoms with van der Waals surface area (Å²) in [5.74, 6) is 0. The third-order valence-corrected chi connectivity index (χ3v) is 4.52. The van der Waals surface area contributed by atoms with Gasteiger partial charge in [0.15, 0.2) is 0 Å². The summed E-state index contributed by atoms with van der Waals surface area (Å²) in [6.07, 6.45) is 0. The fourth-order valence-corrected chi connectivity index (χ4v) is 3.43. The van der Waals surface area contributed by atoms with Crippen LogP contribution in [0.4, 0.5) is 0 Å². The van der Waals surface area contributed by atoms with Crippen LogP contribution in [-0.4, -0.2) is 0 Å². The first-order chi connectivity index (χ1) is 10.9. The van der Waals surface area contributed by atoms with Crippen molar-refractivity contribution in [3.05, 3.63) is 84.9 Å². The summed E-state index contributed by atoms with van der Waals surface area (Å²) in [6, 6.07) is 31.6. The molecule has 0 aliphatic carbocycles. The smallest absolute Gasteiger partial charge is 0.00264 e. The molecule has 0 amide bonds. The predicted molar refractivity (Wildman–Crippen MR) is 95.3 cm³/mol. The van der Waals surface area contributed by atoms with E-state index in [0.29, 0.717) is 0 Å². The van der Waals surface area contributed by atoms with Crippen molar-refractivity contribution in [2.45, 2.75) is 0 Å². The Balaban J connectivity index is 2.02. The number of hydrogen-bond acceptors (Lipinski definition) is 0. The van der Waals surface area contributed by atoms with Crippen LogP contribution in [-0.2, 0) is 0 Å². The Bertz CT molecular complexity index is 1070. The highest BCUT2D eigenvalue weighted by Crippen LogP contribution is 2.32. The Morgan fingerprint density at radius 2 is 1.18 bits per heavy atom. The topological polar surface area (TPSA) is 0 Å². The molecule has 0 fully saturated rings. The van der Waals surface area contributed by atoms with E-state index in [1.54, 1.807) is 0 Å². The van der Waals surface area contributed by atoms with Gasteiger partial charge in [-0.1, -0.05) is 66.7 Å². The molecule has 0 aliphatic heterocycles. The van der Waals surface area contributed by atoms with Crippen LogP contribution in [0.3, 0.4) is 0 Å². The van der Waals surface area contributed by atoms with Crippen molar-refractivity contribution in [1.82, 2.24) is 0 Å². The number of fused-ring (bicyclic) bond motifs is 6. The maximum Gasteiger partial charge on any atom is -0.00264 e. The van der Waals surface area contributed by atoms with Crippen molar-refractivity contribution in [2.75, 3.05) is 0 Å². The molecule has 0 heterocycles. The lowest BCUT2D eigenvalue weighted by Crippen LogP contribution is -1.81. The van der Waals surface area contributed by atoms with Crippen molar-refractivity contribution in [2.24, 2.45) is 0 Å². The number of benzene rings is 5. The Morgan fingerprint density at radius 3 is 2.14 bits per heavy atom. The Labute approximate surface area is 128 Å². The molecule has 0 saturated carbocycles. The second-order valence-electron chi connectivity index (χ2n) is 5.78. The number of hydrogen-bond donors (Lipinski definition) is 0. The highest BCUT2D eigenvalue weighted by Gasteiger charge is 2.05. The molecule has 0 N–H and O–H groups in total. The summed E-state index contributed by atoms with van der Waals surface area (Å²) in [7, 11) is 0. The Morgan fingerprint density at radius 1 is 0.500 bits per heavy atom. The summed E-state index contributed by atoms with van der Waals surface area (Å²) < 4.78 is 0. The molecule has 0 heteroatoms. The zero-order valence-corrected chi connectivity index (χ0v) is 12.0. The van der Waals surface area contributed by atoms with E-state index < -0.39 is 0 Å². The average molecular weight is 277 g/mol. The van der Waals surface area contributed by atoms with E-state index in [0.717, 1.165) is 0 Å². The SMILES string of the molecule is [c]1cccc2ccc3cc4c(ccc5ccccc54)cc3c12. The molecule has 0 atom stereocenters. The summed E-state index contributed by atoms with van der Waals surface area (Å²) >= 11 is 0. The van der Waals surface area contributed by atoms with Gasteiger partial charge < -0.3 is 0 Å². The van der Waals surface area contributed by atoms with Gasteiger partial charge >= 0.3 is 0 Å². The summed E-state index contributed by atoms with van der Waals surface area (Å²) in [5.41, 5.74) is 0. The molecule has 0 unspecified atom stereocenters. The van der Waals surface area contributed by atoms with Crippen LogP contribution >= 0.6 is 0 Å². The van der Waals surface area contributed by atoms with Gasteiger partial charge in [-0.3, -0.25) is 0 Å². The highest BCUT2D eigenvalue weighted by atomic mass is 14.1. The zero-order chi connectivity index (χ0) is 14.5. The van der Waals surface area contributed by atoms with Crippen LogP contribution in [0.15, 0.2) is 78.9 Å². The van der Waals surface area contributed by atoms with E-state index >= 15 is 0 Å². The molecule has 0 nitrogen and oxygen atoms in total. The maximum atomic E-state index is 3.40. The zero-order valence-electron chi connectivity index (χ0n) is 12.0. The van der Waals surface area contributed by atoms with Crippen LogP contribution in [0.25, 0.3) is 43.1 Å². The van der Waals surface area contributed by atoms with Crippen molar-refractivity contribution in [3.63, 3.8) is 0 Å². The van der Waals surface area contributed by atoms with Crippen molar-refractivity contribution < 1.29 is 0 Å². The lowest BCUT2D eigenvalue weighted by molar-refractivity contribution is 1.77. The van der Waals surface area contributed by atoms with Gasteiger partial charge in [-0.15, -0.1) is 0 Å². The first kappa shape index (κ1) is 11.8. The standard InChI is InChI=1S/C22H13/c1-3-7-19-15(5-1)9-11-17-14-22-18(13-21(17)19)12-10-16-6-2-4-8-20(16)22/h1-7,9-14H. The first-order valence-corrected chi connectivity index (χ1v) is 7.55. The molecular formula is C22H13. The highest BCUT2D eigenvalue weighted by molar-refractivity contribution is 6.17. The molecular weight excluding hydrogens is 264 g/mol. The average Bonchev–Trinajstić information content (AvgIpc) is 2.60. The third kappa shape index (κ3) is 1.58. The van der Waals surface area contributed by atoms with Crippen LogP contribution in [0.5, 0.6) is 0 Å². The van der Waals surface area contributed by atoms with Crippen LogP contribution in [0, 0.1) is 6.07 Å². The first-order valence-electron chi connectivity index (χ1n) is 7.55. The molecule has 5 rings (SSSR count). The van der Waals surface area contributed by atoms with Crippen molar-refractivity contribution >= 4 is 43.1 Å². The lowest BCUT2D eigenvalue weighted by atomic mass is 9.95. The molecule has 0 aliphatic rings. The van der Waals surface area contributed by atoms with E-state index in [2.05, 4.69) is 72.8 Å². The van der Waals surface area contributed by atoms with E-state index in [1.165, 1.54) is 43.1 Å². The lowest BCUT2D eigenvalue weighted by Gasteiger charge is -2.08. The van der Waals surface area contributed by atoms with Crippen LogP contribution in [0.1, 0.15) is 0 Å². The Kier molecular flexibility index (Phi) is 2.31. The van der Waals surface area contributed by atoms with Crippen LogP contribution < -0.4 is 0 Å². The number of rotatable bonds is 0. The molecule has 101 valence electrons. The summed E-state index contributed by atoms with van der Waals surface area (Å²) in [5, 5.41) is 10.2. The molecule has 0 saturated heterocycles. The molecule has 5 aromatic rings. The second-order valence-corrected chi connectivity index (χ2v) is 5.78. The van der Waals surface area contributed by atoms with Crippen molar-refractivity contribution in [1.29, 1.82) is 0 Å². The third-order valence-electron chi connectivity index (χ3n) is 4.52. The molecule has 0 aromatic heterocycles. The second kappa shape index (κ2) is 4.32. The van der Waals surface area contributed by atoms with E-state index in [9.17, 15) is 0 Å². The molecule has 0 spiro atoms. The van der Waals surface area contributed by atoms with Gasteiger partial charge in [-0.05, 0) is 61.3 Å². The molecule has 5 aromatic carbocycles.